The van der Waals surface area contributed by atoms with Crippen molar-refractivity contribution in [2.45, 2.75) is 70.6 Å². The van der Waals surface area contributed by atoms with Crippen molar-refractivity contribution in [2.75, 3.05) is 0 Å². The second-order valence-electron chi connectivity index (χ2n) is 8.85. The number of aliphatic hydroxyl groups is 1. The van der Waals surface area contributed by atoms with E-state index in [0.29, 0.717) is 32.1 Å². The molecule has 26 heavy (non-hydrogen) atoms. The van der Waals surface area contributed by atoms with Crippen molar-refractivity contribution in [3.05, 3.63) is 20.2 Å². The zero-order valence-corrected chi connectivity index (χ0v) is 15.0. The summed E-state index contributed by atoms with van der Waals surface area (Å²) in [6, 6.07) is -2.76. The molecule has 3 fully saturated rings. The normalized spacial score (nSPS) is 48.1. The molecule has 0 aromatic carbocycles. The monoisotopic (exact) mass is 370 g/mol. The van der Waals surface area contributed by atoms with Gasteiger partial charge in [0.15, 0.2) is 6.10 Å². The zero-order valence-electron chi connectivity index (χ0n) is 15.0. The summed E-state index contributed by atoms with van der Waals surface area (Å²) in [6.45, 7) is 3.63. The Balaban J connectivity index is 2.06. The molecule has 3 saturated carbocycles. The fourth-order valence-corrected chi connectivity index (χ4v) is 6.60. The van der Waals surface area contributed by atoms with E-state index in [0.717, 1.165) is 0 Å². The minimum Gasteiger partial charge on any atom is -0.481 e. The number of carboxylic acids is 1. The van der Waals surface area contributed by atoms with Crippen LogP contribution in [0.3, 0.4) is 0 Å². The number of fused-ring (bicyclic) bond motifs is 3. The second-order valence-corrected chi connectivity index (χ2v) is 8.85. The Labute approximate surface area is 151 Å². The molecule has 7 unspecified atom stereocenters. The van der Waals surface area contributed by atoms with Gasteiger partial charge in [-0.25, -0.2) is 0 Å². The van der Waals surface area contributed by atoms with E-state index in [1.165, 1.54) is 0 Å². The fourth-order valence-electron chi connectivity index (χ4n) is 6.60. The van der Waals surface area contributed by atoms with E-state index in [4.69, 9.17) is 0 Å². The molecule has 0 aromatic heterocycles. The van der Waals surface area contributed by atoms with E-state index >= 15 is 0 Å². The van der Waals surface area contributed by atoms with Crippen LogP contribution in [-0.2, 0) is 4.79 Å². The lowest BCUT2D eigenvalue weighted by Gasteiger charge is -2.60. The summed E-state index contributed by atoms with van der Waals surface area (Å²) in [5, 5.41) is 43.4. The van der Waals surface area contributed by atoms with Crippen molar-refractivity contribution in [1.82, 2.24) is 0 Å². The summed E-state index contributed by atoms with van der Waals surface area (Å²) in [7, 11) is 0. The van der Waals surface area contributed by atoms with Gasteiger partial charge in [-0.2, -0.15) is 0 Å². The zero-order chi connectivity index (χ0) is 19.4. The first kappa shape index (κ1) is 19.0. The van der Waals surface area contributed by atoms with Crippen LogP contribution in [0.1, 0.15) is 52.4 Å². The Morgan fingerprint density at radius 1 is 1.12 bits per heavy atom. The van der Waals surface area contributed by atoms with Gasteiger partial charge in [-0.1, -0.05) is 13.3 Å². The van der Waals surface area contributed by atoms with Crippen LogP contribution in [0.4, 0.5) is 0 Å². The van der Waals surface area contributed by atoms with Gasteiger partial charge in [0.2, 0.25) is 12.1 Å². The molecule has 9 nitrogen and oxygen atoms in total. The predicted molar refractivity (Wildman–Crippen MR) is 89.6 cm³/mol. The largest absolute Gasteiger partial charge is 0.481 e. The van der Waals surface area contributed by atoms with Gasteiger partial charge < -0.3 is 10.2 Å². The third kappa shape index (κ3) is 2.51. The minimum atomic E-state index is -1.64. The summed E-state index contributed by atoms with van der Waals surface area (Å²) in [4.78, 5) is 33.9. The van der Waals surface area contributed by atoms with Crippen LogP contribution >= 0.6 is 0 Å². The molecular formula is C17H26N2O7. The molecule has 0 spiro atoms. The van der Waals surface area contributed by atoms with Gasteiger partial charge in [0, 0.05) is 22.2 Å². The van der Waals surface area contributed by atoms with Crippen LogP contribution in [0, 0.1) is 48.8 Å². The Kier molecular flexibility index (Phi) is 4.49. The molecule has 0 amide bonds. The van der Waals surface area contributed by atoms with Gasteiger partial charge in [0.05, 0.1) is 5.41 Å². The molecule has 0 aliphatic heterocycles. The predicted octanol–water partition coefficient (Wildman–Crippen LogP) is 1.97. The number of aliphatic hydroxyl groups excluding tert-OH is 1. The molecule has 3 rings (SSSR count). The number of hydrogen-bond donors (Lipinski definition) is 2. The number of hydrogen-bond acceptors (Lipinski definition) is 6. The van der Waals surface area contributed by atoms with Crippen LogP contribution in [-0.4, -0.2) is 44.2 Å². The first-order valence-corrected chi connectivity index (χ1v) is 9.22. The van der Waals surface area contributed by atoms with E-state index in [2.05, 4.69) is 0 Å². The Morgan fingerprint density at radius 2 is 1.77 bits per heavy atom. The number of carbonyl (C=O) groups is 1. The van der Waals surface area contributed by atoms with Crippen molar-refractivity contribution in [2.24, 2.45) is 28.6 Å². The van der Waals surface area contributed by atoms with Crippen molar-refractivity contribution >= 4 is 5.97 Å². The van der Waals surface area contributed by atoms with Crippen LogP contribution in [0.5, 0.6) is 0 Å². The van der Waals surface area contributed by atoms with Gasteiger partial charge in [0.1, 0.15) is 0 Å². The minimum absolute atomic E-state index is 0.120. The maximum atomic E-state index is 12.0. The molecule has 8 atom stereocenters. The van der Waals surface area contributed by atoms with Gasteiger partial charge in [-0.15, -0.1) is 0 Å². The first-order valence-electron chi connectivity index (χ1n) is 9.22. The van der Waals surface area contributed by atoms with E-state index < -0.39 is 50.8 Å². The highest BCUT2D eigenvalue weighted by Gasteiger charge is 2.67. The lowest BCUT2D eigenvalue weighted by atomic mass is 9.43. The third-order valence-corrected chi connectivity index (χ3v) is 7.73. The van der Waals surface area contributed by atoms with E-state index in [-0.39, 0.29) is 18.3 Å². The third-order valence-electron chi connectivity index (χ3n) is 7.73. The summed E-state index contributed by atoms with van der Waals surface area (Å²) in [5.74, 6) is -1.89. The fraction of sp³-hybridized carbons (Fsp3) is 0.941. The Hall–Kier alpha value is -1.77. The molecule has 2 N–H and O–H groups in total. The van der Waals surface area contributed by atoms with Crippen molar-refractivity contribution in [1.29, 1.82) is 0 Å². The highest BCUT2D eigenvalue weighted by molar-refractivity contribution is 5.75. The lowest BCUT2D eigenvalue weighted by Crippen LogP contribution is -2.65. The van der Waals surface area contributed by atoms with Gasteiger partial charge >= 0.3 is 5.97 Å². The standard InChI is InChI=1S/C17H26N2O7/c1-16-6-3-7-17(2,15(21)22)11(16)5-4-9-8-10(18(23)24)14(20)13(12(9)16)19(25)26/h9-14,20H,3-8H2,1-2H3,(H,21,22)/t9?,10?,11?,12?,13?,14?,16?,17-/m0/s1. The molecular weight excluding hydrogens is 344 g/mol. The molecule has 146 valence electrons. The quantitative estimate of drug-likeness (QED) is 0.570. The van der Waals surface area contributed by atoms with Crippen molar-refractivity contribution in [3.8, 4) is 0 Å². The molecule has 0 aromatic rings. The van der Waals surface area contributed by atoms with Gasteiger partial charge in [0.25, 0.3) is 0 Å². The van der Waals surface area contributed by atoms with Crippen LogP contribution in [0.15, 0.2) is 0 Å². The smallest absolute Gasteiger partial charge is 0.309 e. The summed E-state index contributed by atoms with van der Waals surface area (Å²) in [6.07, 6.45) is 1.45. The summed E-state index contributed by atoms with van der Waals surface area (Å²) >= 11 is 0. The molecule has 3 aliphatic rings. The lowest BCUT2D eigenvalue weighted by molar-refractivity contribution is -0.600. The van der Waals surface area contributed by atoms with Crippen LogP contribution in [0.25, 0.3) is 0 Å². The van der Waals surface area contributed by atoms with Gasteiger partial charge in [-0.3, -0.25) is 25.0 Å². The van der Waals surface area contributed by atoms with E-state index in [1.54, 1.807) is 6.92 Å². The maximum absolute atomic E-state index is 12.0. The number of nitro groups is 2. The molecule has 0 radical (unpaired) electrons. The van der Waals surface area contributed by atoms with E-state index in [9.17, 15) is 35.2 Å². The molecule has 3 aliphatic carbocycles. The number of carboxylic acid groups (broad SMARTS) is 1. The highest BCUT2D eigenvalue weighted by atomic mass is 16.6. The maximum Gasteiger partial charge on any atom is 0.309 e. The first-order chi connectivity index (χ1) is 12.0. The Bertz CT molecular complexity index is 641. The number of aliphatic carboxylic acids is 1. The second kappa shape index (κ2) is 6.14. The molecule has 0 bridgehead atoms. The van der Waals surface area contributed by atoms with Gasteiger partial charge in [-0.05, 0) is 49.9 Å². The van der Waals surface area contributed by atoms with Crippen molar-refractivity contribution < 1.29 is 24.9 Å². The summed E-state index contributed by atoms with van der Waals surface area (Å²) < 4.78 is 0. The van der Waals surface area contributed by atoms with Crippen LogP contribution in [0.2, 0.25) is 0 Å². The van der Waals surface area contributed by atoms with Crippen molar-refractivity contribution in [3.63, 3.8) is 0 Å². The average molecular weight is 370 g/mol. The summed E-state index contributed by atoms with van der Waals surface area (Å²) in [5.41, 5.74) is -1.57. The van der Waals surface area contributed by atoms with E-state index in [1.807, 2.05) is 6.92 Å². The Morgan fingerprint density at radius 3 is 2.31 bits per heavy atom. The van der Waals surface area contributed by atoms with Crippen LogP contribution < -0.4 is 0 Å². The topological polar surface area (TPSA) is 144 Å². The SMILES string of the molecule is CC12CCC[C@](C)(C(=O)O)C1CCC1CC([N+](=O)[O-])C(O)C([N+](=O)[O-])C12. The number of nitrogens with zero attached hydrogens (tertiary/aromatic N) is 2. The molecule has 0 saturated heterocycles. The average Bonchev–Trinajstić information content (AvgIpc) is 2.53. The number of rotatable bonds is 3. The molecule has 0 heterocycles. The highest BCUT2D eigenvalue weighted by Crippen LogP contribution is 2.64. The molecule has 9 heteroatoms.